The number of carbonyl (C=O) groups is 1. The van der Waals surface area contributed by atoms with E-state index in [-0.39, 0.29) is 17.3 Å². The number of cyclic esters (lactones) is 1. The van der Waals surface area contributed by atoms with Crippen LogP contribution >= 0.6 is 11.8 Å². The van der Waals surface area contributed by atoms with E-state index in [4.69, 9.17) is 4.74 Å². The van der Waals surface area contributed by atoms with Crippen LogP contribution in [-0.4, -0.2) is 34.0 Å². The van der Waals surface area contributed by atoms with Gasteiger partial charge in [0.05, 0.1) is 23.2 Å². The van der Waals surface area contributed by atoms with Gasteiger partial charge in [-0.15, -0.1) is 0 Å². The van der Waals surface area contributed by atoms with E-state index < -0.39 is 11.9 Å². The monoisotopic (exact) mass is 404 g/mol. The summed E-state index contributed by atoms with van der Waals surface area (Å²) in [6.07, 6.45) is 0.521. The van der Waals surface area contributed by atoms with Gasteiger partial charge in [-0.1, -0.05) is 23.9 Å². The molecule has 0 amide bonds. The number of hydrogen-bond acceptors (Lipinski definition) is 6. The van der Waals surface area contributed by atoms with Gasteiger partial charge in [0.25, 0.3) is 5.56 Å². The summed E-state index contributed by atoms with van der Waals surface area (Å²) in [6, 6.07) is 12.6. The topological polar surface area (TPSA) is 70.4 Å². The fourth-order valence-electron chi connectivity index (χ4n) is 2.91. The van der Waals surface area contributed by atoms with Crippen LogP contribution in [0.15, 0.2) is 58.5 Å². The number of aromatic nitrogens is 2. The van der Waals surface area contributed by atoms with Crippen molar-refractivity contribution < 1.29 is 23.0 Å². The normalized spacial score (nSPS) is 16.5. The molecule has 4 rings (SSSR count). The largest absolute Gasteiger partial charge is 0.465 e. The van der Waals surface area contributed by atoms with Crippen LogP contribution in [0.25, 0.3) is 16.6 Å². The molecule has 9 heteroatoms. The molecule has 2 aromatic carbocycles. The number of ether oxygens (including phenoxy) is 2. The Kier molecular flexibility index (Phi) is 4.99. The van der Waals surface area contributed by atoms with Crippen molar-refractivity contribution in [2.45, 2.75) is 23.4 Å². The highest BCUT2D eigenvalue weighted by Gasteiger charge is 2.29. The second kappa shape index (κ2) is 7.59. The van der Waals surface area contributed by atoms with Gasteiger partial charge in [0.2, 0.25) is 0 Å². The SMILES string of the molecule is O=C1OCCC1Sc1nc2ccccc2c(=O)n1-c1ccc(OC(F)F)cc1. The molecule has 144 valence electrons. The number of halogens is 2. The Morgan fingerprint density at radius 1 is 1.14 bits per heavy atom. The van der Waals surface area contributed by atoms with Crippen molar-refractivity contribution >= 4 is 28.6 Å². The summed E-state index contributed by atoms with van der Waals surface area (Å²) in [6.45, 7) is -2.61. The number of nitrogens with zero attached hydrogens (tertiary/aromatic N) is 2. The van der Waals surface area contributed by atoms with Crippen molar-refractivity contribution in [1.29, 1.82) is 0 Å². The molecule has 2 heterocycles. The maximum Gasteiger partial charge on any atom is 0.387 e. The van der Waals surface area contributed by atoms with Gasteiger partial charge < -0.3 is 9.47 Å². The Morgan fingerprint density at radius 2 is 1.89 bits per heavy atom. The number of thioether (sulfide) groups is 1. The van der Waals surface area contributed by atoms with Crippen LogP contribution < -0.4 is 10.3 Å². The predicted molar refractivity (Wildman–Crippen MR) is 99.2 cm³/mol. The Hall–Kier alpha value is -2.94. The first-order valence-electron chi connectivity index (χ1n) is 8.43. The molecule has 0 bridgehead atoms. The van der Waals surface area contributed by atoms with Gasteiger partial charge in [0.1, 0.15) is 11.0 Å². The molecule has 1 unspecified atom stereocenters. The Balaban J connectivity index is 1.82. The van der Waals surface area contributed by atoms with Crippen LogP contribution in [0.4, 0.5) is 8.78 Å². The van der Waals surface area contributed by atoms with Gasteiger partial charge in [-0.2, -0.15) is 8.78 Å². The molecule has 0 radical (unpaired) electrons. The summed E-state index contributed by atoms with van der Waals surface area (Å²) >= 11 is 1.15. The fourth-order valence-corrected chi connectivity index (χ4v) is 3.98. The maximum atomic E-state index is 13.1. The van der Waals surface area contributed by atoms with Gasteiger partial charge in [0.15, 0.2) is 5.16 Å². The molecule has 1 saturated heterocycles. The Bertz CT molecular complexity index is 1090. The molecule has 6 nitrogen and oxygen atoms in total. The molecule has 1 aromatic heterocycles. The van der Waals surface area contributed by atoms with E-state index in [0.717, 1.165) is 11.8 Å². The average Bonchev–Trinajstić information content (AvgIpc) is 3.07. The Labute approximate surface area is 162 Å². The van der Waals surface area contributed by atoms with Gasteiger partial charge in [-0.05, 0) is 36.4 Å². The van der Waals surface area contributed by atoms with E-state index in [1.807, 2.05) is 0 Å². The van der Waals surface area contributed by atoms with Crippen molar-refractivity contribution in [2.75, 3.05) is 6.61 Å². The fraction of sp³-hybridized carbons (Fsp3) is 0.211. The lowest BCUT2D eigenvalue weighted by atomic mass is 10.2. The molecular formula is C19H14F2N2O4S. The second-order valence-electron chi connectivity index (χ2n) is 5.99. The third kappa shape index (κ3) is 3.57. The summed E-state index contributed by atoms with van der Waals surface area (Å²) in [5, 5.41) is 0.282. The lowest BCUT2D eigenvalue weighted by molar-refractivity contribution is -0.137. The number of rotatable bonds is 5. The van der Waals surface area contributed by atoms with Crippen molar-refractivity contribution in [3.63, 3.8) is 0 Å². The van der Waals surface area contributed by atoms with Crippen LogP contribution in [0.2, 0.25) is 0 Å². The van der Waals surface area contributed by atoms with Crippen molar-refractivity contribution in [3.8, 4) is 11.4 Å². The first kappa shape index (κ1) is 18.4. The zero-order chi connectivity index (χ0) is 19.7. The highest BCUT2D eigenvalue weighted by Crippen LogP contribution is 2.30. The van der Waals surface area contributed by atoms with E-state index in [0.29, 0.717) is 34.8 Å². The van der Waals surface area contributed by atoms with E-state index in [1.54, 1.807) is 24.3 Å². The average molecular weight is 404 g/mol. The van der Waals surface area contributed by atoms with Gasteiger partial charge >= 0.3 is 12.6 Å². The first-order chi connectivity index (χ1) is 13.5. The Morgan fingerprint density at radius 3 is 2.57 bits per heavy atom. The molecule has 1 aliphatic heterocycles. The van der Waals surface area contributed by atoms with E-state index in [2.05, 4.69) is 9.72 Å². The third-order valence-electron chi connectivity index (χ3n) is 4.20. The molecule has 0 spiro atoms. The number of alkyl halides is 2. The molecule has 3 aromatic rings. The minimum absolute atomic E-state index is 0.0193. The number of carbonyl (C=O) groups excluding carboxylic acids is 1. The molecule has 0 aliphatic carbocycles. The zero-order valence-corrected chi connectivity index (χ0v) is 15.2. The smallest absolute Gasteiger partial charge is 0.387 e. The predicted octanol–water partition coefficient (Wildman–Crippen LogP) is 3.39. The van der Waals surface area contributed by atoms with E-state index >= 15 is 0 Å². The van der Waals surface area contributed by atoms with Crippen molar-refractivity contribution in [3.05, 3.63) is 58.9 Å². The summed E-state index contributed by atoms with van der Waals surface area (Å²) in [4.78, 5) is 29.5. The summed E-state index contributed by atoms with van der Waals surface area (Å²) < 4.78 is 35.5. The van der Waals surface area contributed by atoms with Gasteiger partial charge in [-0.25, -0.2) is 4.98 Å². The summed E-state index contributed by atoms with van der Waals surface area (Å²) in [5.74, 6) is -0.367. The van der Waals surface area contributed by atoms with Crippen molar-refractivity contribution in [2.24, 2.45) is 0 Å². The number of hydrogen-bond donors (Lipinski definition) is 0. The molecule has 0 saturated carbocycles. The number of para-hydroxylation sites is 1. The number of esters is 1. The molecule has 1 atom stereocenters. The second-order valence-corrected chi connectivity index (χ2v) is 7.16. The van der Waals surface area contributed by atoms with Crippen LogP contribution in [0, 0.1) is 0 Å². The highest BCUT2D eigenvalue weighted by atomic mass is 32.2. The van der Waals surface area contributed by atoms with E-state index in [9.17, 15) is 18.4 Å². The molecule has 0 N–H and O–H groups in total. The van der Waals surface area contributed by atoms with Crippen LogP contribution in [0.5, 0.6) is 5.75 Å². The van der Waals surface area contributed by atoms with E-state index in [1.165, 1.54) is 28.8 Å². The quantitative estimate of drug-likeness (QED) is 0.480. The third-order valence-corrected chi connectivity index (χ3v) is 5.40. The lowest BCUT2D eigenvalue weighted by Gasteiger charge is -2.15. The standard InChI is InChI=1S/C19H14F2N2O4S/c20-18(21)27-12-7-5-11(6-8-12)23-16(24)13-3-1-2-4-14(13)22-19(23)28-15-9-10-26-17(15)25/h1-8,15,18H,9-10H2. The number of benzene rings is 2. The minimum atomic E-state index is -2.93. The van der Waals surface area contributed by atoms with Gasteiger partial charge in [-0.3, -0.25) is 14.2 Å². The first-order valence-corrected chi connectivity index (χ1v) is 9.31. The molecule has 1 fully saturated rings. The summed E-state index contributed by atoms with van der Waals surface area (Å²) in [7, 11) is 0. The maximum absolute atomic E-state index is 13.1. The molecule has 1 aliphatic rings. The van der Waals surface area contributed by atoms with Crippen LogP contribution in [0.3, 0.4) is 0 Å². The van der Waals surface area contributed by atoms with Crippen molar-refractivity contribution in [1.82, 2.24) is 9.55 Å². The zero-order valence-electron chi connectivity index (χ0n) is 14.4. The lowest BCUT2D eigenvalue weighted by Crippen LogP contribution is -2.23. The van der Waals surface area contributed by atoms with Gasteiger partial charge in [0, 0.05) is 6.42 Å². The van der Waals surface area contributed by atoms with Crippen LogP contribution in [0.1, 0.15) is 6.42 Å². The summed E-state index contributed by atoms with van der Waals surface area (Å²) in [5.41, 5.74) is 0.621. The minimum Gasteiger partial charge on any atom is -0.465 e. The van der Waals surface area contributed by atoms with Crippen LogP contribution in [-0.2, 0) is 9.53 Å². The highest BCUT2D eigenvalue weighted by molar-refractivity contribution is 8.00. The number of fused-ring (bicyclic) bond motifs is 1. The molecular weight excluding hydrogens is 390 g/mol. The molecule has 28 heavy (non-hydrogen) atoms.